The van der Waals surface area contributed by atoms with E-state index in [1.807, 2.05) is 13.8 Å². The third-order valence-electron chi connectivity index (χ3n) is 6.38. The molecule has 0 saturated heterocycles. The van der Waals surface area contributed by atoms with Crippen LogP contribution in [0.5, 0.6) is 11.5 Å². The molecule has 42 heavy (non-hydrogen) atoms. The monoisotopic (exact) mass is 598 g/mol. The van der Waals surface area contributed by atoms with Crippen LogP contribution in [0, 0.1) is 0 Å². The van der Waals surface area contributed by atoms with Crippen LogP contribution in [-0.2, 0) is 15.7 Å². The zero-order valence-electron chi connectivity index (χ0n) is 22.7. The Hall–Kier alpha value is -4.58. The number of thiazole rings is 1. The molecule has 12 heteroatoms. The lowest BCUT2D eigenvalue weighted by Crippen LogP contribution is -2.39. The lowest BCUT2D eigenvalue weighted by atomic mass is 9.97. The molecule has 2 aromatic carbocycles. The van der Waals surface area contributed by atoms with Crippen LogP contribution in [0.4, 0.5) is 13.2 Å². The second-order valence-electron chi connectivity index (χ2n) is 9.03. The van der Waals surface area contributed by atoms with Crippen molar-refractivity contribution in [3.63, 3.8) is 0 Å². The SMILES string of the molecule is CCOc1ccc([C@H]2C(C(=O)OC)=CN=c3s/c(=C/c4ccc(-c5cccc(C(F)(F)F)c5)o4)c(=O)n32)cc1OCC. The minimum atomic E-state index is -4.49. The molecule has 0 unspecified atom stereocenters. The number of hydrogen-bond donors (Lipinski definition) is 0. The Balaban J connectivity index is 1.59. The molecule has 0 amide bonds. The fourth-order valence-electron chi connectivity index (χ4n) is 4.55. The molecule has 0 bridgehead atoms. The molecule has 1 aliphatic heterocycles. The summed E-state index contributed by atoms with van der Waals surface area (Å²) in [6, 6.07) is 12.2. The van der Waals surface area contributed by atoms with E-state index in [2.05, 4.69) is 4.99 Å². The van der Waals surface area contributed by atoms with E-state index < -0.39 is 29.3 Å². The van der Waals surface area contributed by atoms with Crippen LogP contribution in [0.1, 0.15) is 36.8 Å². The van der Waals surface area contributed by atoms with Gasteiger partial charge in [0.15, 0.2) is 16.3 Å². The fraction of sp³-hybridized carbons (Fsp3) is 0.233. The highest BCUT2D eigenvalue weighted by atomic mass is 32.1. The minimum Gasteiger partial charge on any atom is -0.490 e. The summed E-state index contributed by atoms with van der Waals surface area (Å²) in [6.45, 7) is 4.47. The lowest BCUT2D eigenvalue weighted by Gasteiger charge is -2.23. The maximum Gasteiger partial charge on any atom is 0.416 e. The molecule has 0 radical (unpaired) electrons. The molecule has 4 aromatic rings. The fourth-order valence-corrected chi connectivity index (χ4v) is 5.50. The Morgan fingerprint density at radius 2 is 1.83 bits per heavy atom. The molecule has 2 aromatic heterocycles. The number of alkyl halides is 3. The minimum absolute atomic E-state index is 0.146. The van der Waals surface area contributed by atoms with E-state index in [4.69, 9.17) is 18.6 Å². The number of carbonyl (C=O) groups excluding carboxylic acids is 1. The van der Waals surface area contributed by atoms with Crippen molar-refractivity contribution in [1.29, 1.82) is 0 Å². The van der Waals surface area contributed by atoms with Crippen molar-refractivity contribution < 1.29 is 36.6 Å². The van der Waals surface area contributed by atoms with Gasteiger partial charge in [0.05, 0.1) is 42.0 Å². The molecule has 0 saturated carbocycles. The van der Waals surface area contributed by atoms with E-state index in [9.17, 15) is 22.8 Å². The number of ether oxygens (including phenoxy) is 3. The van der Waals surface area contributed by atoms with Crippen LogP contribution < -0.4 is 24.4 Å². The van der Waals surface area contributed by atoms with E-state index in [1.54, 1.807) is 24.3 Å². The normalized spacial score (nSPS) is 15.0. The lowest BCUT2D eigenvalue weighted by molar-refractivity contribution is -0.138. The number of methoxy groups -OCH3 is 1. The van der Waals surface area contributed by atoms with Gasteiger partial charge in [-0.3, -0.25) is 9.36 Å². The van der Waals surface area contributed by atoms with Crippen LogP contribution in [0.2, 0.25) is 0 Å². The molecule has 8 nitrogen and oxygen atoms in total. The van der Waals surface area contributed by atoms with Crippen LogP contribution in [-0.4, -0.2) is 30.9 Å². The van der Waals surface area contributed by atoms with Gasteiger partial charge in [-0.25, -0.2) is 9.79 Å². The van der Waals surface area contributed by atoms with Crippen LogP contribution in [0.15, 0.2) is 80.6 Å². The zero-order valence-corrected chi connectivity index (χ0v) is 23.5. The Kier molecular flexibility index (Phi) is 8.08. The Labute approximate surface area is 241 Å². The number of halogens is 3. The van der Waals surface area contributed by atoms with Gasteiger partial charge in [-0.05, 0) is 55.8 Å². The number of aromatic nitrogens is 1. The molecular weight excluding hydrogens is 573 g/mol. The van der Waals surface area contributed by atoms with E-state index in [-0.39, 0.29) is 27.2 Å². The van der Waals surface area contributed by atoms with Crippen molar-refractivity contribution >= 4 is 23.4 Å². The van der Waals surface area contributed by atoms with Gasteiger partial charge in [-0.1, -0.05) is 29.5 Å². The van der Waals surface area contributed by atoms with Gasteiger partial charge in [0, 0.05) is 17.8 Å². The second kappa shape index (κ2) is 11.7. The van der Waals surface area contributed by atoms with Crippen molar-refractivity contribution in [1.82, 2.24) is 4.57 Å². The first-order chi connectivity index (χ1) is 20.1. The summed E-state index contributed by atoms with van der Waals surface area (Å²) in [7, 11) is 1.24. The zero-order chi connectivity index (χ0) is 30.0. The van der Waals surface area contributed by atoms with Crippen molar-refractivity contribution in [3.05, 3.63) is 103 Å². The number of benzene rings is 2. The van der Waals surface area contributed by atoms with Crippen molar-refractivity contribution in [2.45, 2.75) is 26.1 Å². The van der Waals surface area contributed by atoms with Crippen molar-refractivity contribution in [3.8, 4) is 22.8 Å². The van der Waals surface area contributed by atoms with Gasteiger partial charge >= 0.3 is 12.1 Å². The first kappa shape index (κ1) is 28.9. The van der Waals surface area contributed by atoms with E-state index in [0.717, 1.165) is 23.5 Å². The summed E-state index contributed by atoms with van der Waals surface area (Å²) >= 11 is 1.08. The van der Waals surface area contributed by atoms with Crippen LogP contribution in [0.3, 0.4) is 0 Å². The van der Waals surface area contributed by atoms with Gasteiger partial charge in [-0.15, -0.1) is 0 Å². The summed E-state index contributed by atoms with van der Waals surface area (Å²) in [5.41, 5.74) is -0.273. The first-order valence-corrected chi connectivity index (χ1v) is 13.7. The summed E-state index contributed by atoms with van der Waals surface area (Å²) in [5.74, 6) is 0.799. The number of furan rings is 1. The Morgan fingerprint density at radius 3 is 2.55 bits per heavy atom. The maximum atomic E-state index is 13.8. The first-order valence-electron chi connectivity index (χ1n) is 12.9. The predicted molar refractivity (Wildman–Crippen MR) is 149 cm³/mol. The standard InChI is InChI=1S/C30H25F3N2O6S/c1-4-39-23-11-9-18(14-24(23)40-5-2)26-21(28(37)38-3)16-34-29-35(26)27(36)25(42-29)15-20-10-12-22(41-20)17-7-6-8-19(13-17)30(31,32)33/h6-16,26H,4-5H2,1-3H3/b25-15+/t26-/m0/s1. The average molecular weight is 599 g/mol. The van der Waals surface area contributed by atoms with Crippen molar-refractivity contribution in [2.24, 2.45) is 4.99 Å². The number of nitrogens with zero attached hydrogens (tertiary/aromatic N) is 2. The highest BCUT2D eigenvalue weighted by Crippen LogP contribution is 2.35. The van der Waals surface area contributed by atoms with E-state index >= 15 is 0 Å². The van der Waals surface area contributed by atoms with Gasteiger partial charge in [0.2, 0.25) is 0 Å². The second-order valence-corrected chi connectivity index (χ2v) is 10.0. The van der Waals surface area contributed by atoms with Gasteiger partial charge in [0.25, 0.3) is 5.56 Å². The highest BCUT2D eigenvalue weighted by Gasteiger charge is 2.32. The molecule has 0 spiro atoms. The largest absolute Gasteiger partial charge is 0.490 e. The van der Waals surface area contributed by atoms with E-state index in [0.29, 0.717) is 35.1 Å². The topological polar surface area (TPSA) is 92.3 Å². The number of hydrogen-bond acceptors (Lipinski definition) is 8. The van der Waals surface area contributed by atoms with Crippen LogP contribution in [0.25, 0.3) is 17.4 Å². The molecule has 0 aliphatic carbocycles. The van der Waals surface area contributed by atoms with Crippen LogP contribution >= 0.6 is 11.3 Å². The predicted octanol–water partition coefficient (Wildman–Crippen LogP) is 5.09. The maximum absolute atomic E-state index is 13.8. The summed E-state index contributed by atoms with van der Waals surface area (Å²) in [4.78, 5) is 31.2. The number of rotatable bonds is 8. The molecule has 1 aliphatic rings. The third kappa shape index (κ3) is 5.62. The highest BCUT2D eigenvalue weighted by molar-refractivity contribution is 7.07. The van der Waals surface area contributed by atoms with Gasteiger partial charge in [0.1, 0.15) is 11.5 Å². The third-order valence-corrected chi connectivity index (χ3v) is 7.38. The summed E-state index contributed by atoms with van der Waals surface area (Å²) in [6.07, 6.45) is -1.63. The molecule has 0 fully saturated rings. The van der Waals surface area contributed by atoms with Crippen molar-refractivity contribution in [2.75, 3.05) is 20.3 Å². The van der Waals surface area contributed by atoms with Gasteiger partial charge < -0.3 is 18.6 Å². The van der Waals surface area contributed by atoms with E-state index in [1.165, 1.54) is 42.2 Å². The van der Waals surface area contributed by atoms with Gasteiger partial charge in [-0.2, -0.15) is 13.2 Å². The smallest absolute Gasteiger partial charge is 0.416 e. The Morgan fingerprint density at radius 1 is 1.07 bits per heavy atom. The molecule has 218 valence electrons. The molecule has 0 N–H and O–H groups in total. The number of fused-ring (bicyclic) bond motifs is 1. The number of esters is 1. The summed E-state index contributed by atoms with van der Waals surface area (Å²) in [5, 5.41) is 0. The molecular formula is C30H25F3N2O6S. The molecule has 3 heterocycles. The Bertz CT molecular complexity index is 1850. The quantitative estimate of drug-likeness (QED) is 0.262. The summed E-state index contributed by atoms with van der Waals surface area (Å²) < 4.78 is 63.4. The average Bonchev–Trinajstić information content (AvgIpc) is 3.57. The number of carbonyl (C=O) groups is 1. The molecule has 1 atom stereocenters. The molecule has 5 rings (SSSR count).